The Hall–Kier alpha value is -3.28. The Bertz CT molecular complexity index is 1030. The number of hydrogen-bond donors (Lipinski definition) is 2. The van der Waals surface area contributed by atoms with E-state index in [0.717, 1.165) is 34.4 Å². The molecule has 0 aliphatic heterocycles. The molecule has 0 unspecified atom stereocenters. The number of benzene rings is 2. The molecular formula is C22H24N2O4. The predicted molar refractivity (Wildman–Crippen MR) is 109 cm³/mol. The summed E-state index contributed by atoms with van der Waals surface area (Å²) in [4.78, 5) is 27.2. The van der Waals surface area contributed by atoms with Crippen LogP contribution in [0.1, 0.15) is 17.5 Å². The standard InChI is InChI=1S/C22H24N2O4/c1-27-18-5-3-4-15(12-18)10-11-23-21(25)9-6-16-13-17-14-19(28-2)7-8-20(17)24-22(16)26/h3-5,7-8,12-14H,6,9-11H2,1-2H3,(H,23,25)(H,24,26). The summed E-state index contributed by atoms with van der Waals surface area (Å²) >= 11 is 0. The maximum absolute atomic E-state index is 12.2. The van der Waals surface area contributed by atoms with Crippen molar-refractivity contribution in [3.8, 4) is 11.5 Å². The van der Waals surface area contributed by atoms with Crippen LogP contribution in [0.4, 0.5) is 0 Å². The highest BCUT2D eigenvalue weighted by Crippen LogP contribution is 2.19. The number of hydrogen-bond acceptors (Lipinski definition) is 4. The maximum atomic E-state index is 12.2. The molecule has 0 saturated carbocycles. The van der Waals surface area contributed by atoms with Gasteiger partial charge in [-0.2, -0.15) is 0 Å². The average Bonchev–Trinajstić information content (AvgIpc) is 2.72. The third-order valence-corrected chi connectivity index (χ3v) is 4.62. The monoisotopic (exact) mass is 380 g/mol. The number of carbonyl (C=O) groups is 1. The highest BCUT2D eigenvalue weighted by Gasteiger charge is 2.08. The van der Waals surface area contributed by atoms with Crippen LogP contribution in [0.15, 0.2) is 53.3 Å². The van der Waals surface area contributed by atoms with Crippen LogP contribution in [0.3, 0.4) is 0 Å². The summed E-state index contributed by atoms with van der Waals surface area (Å²) in [6.45, 7) is 0.539. The average molecular weight is 380 g/mol. The van der Waals surface area contributed by atoms with Gasteiger partial charge in [-0.1, -0.05) is 12.1 Å². The van der Waals surface area contributed by atoms with Gasteiger partial charge in [0.2, 0.25) is 5.91 Å². The molecule has 3 rings (SSSR count). The quantitative estimate of drug-likeness (QED) is 0.630. The highest BCUT2D eigenvalue weighted by molar-refractivity contribution is 5.81. The van der Waals surface area contributed by atoms with Crippen LogP contribution in [-0.2, 0) is 17.6 Å². The van der Waals surface area contributed by atoms with Gasteiger partial charge in [0.05, 0.1) is 14.2 Å². The fourth-order valence-electron chi connectivity index (χ4n) is 3.05. The second-order valence-corrected chi connectivity index (χ2v) is 6.53. The number of H-pyrrole nitrogens is 1. The van der Waals surface area contributed by atoms with Gasteiger partial charge >= 0.3 is 0 Å². The van der Waals surface area contributed by atoms with Crippen LogP contribution in [-0.4, -0.2) is 31.7 Å². The normalized spacial score (nSPS) is 10.6. The van der Waals surface area contributed by atoms with Gasteiger partial charge in [-0.25, -0.2) is 0 Å². The topological polar surface area (TPSA) is 80.4 Å². The summed E-state index contributed by atoms with van der Waals surface area (Å²) in [6, 6.07) is 15.1. The molecule has 6 heteroatoms. The fraction of sp³-hybridized carbons (Fsp3) is 0.273. The lowest BCUT2D eigenvalue weighted by atomic mass is 10.1. The Kier molecular flexibility index (Phi) is 6.32. The van der Waals surface area contributed by atoms with E-state index in [1.165, 1.54) is 0 Å². The maximum Gasteiger partial charge on any atom is 0.251 e. The Morgan fingerprint density at radius 2 is 1.79 bits per heavy atom. The van der Waals surface area contributed by atoms with E-state index in [2.05, 4.69) is 10.3 Å². The molecule has 0 saturated heterocycles. The fourth-order valence-corrected chi connectivity index (χ4v) is 3.05. The lowest BCUT2D eigenvalue weighted by molar-refractivity contribution is -0.121. The Balaban J connectivity index is 1.55. The van der Waals surface area contributed by atoms with Crippen molar-refractivity contribution in [2.24, 2.45) is 0 Å². The van der Waals surface area contributed by atoms with Gasteiger partial charge in [-0.15, -0.1) is 0 Å². The van der Waals surface area contributed by atoms with Crippen LogP contribution in [0.2, 0.25) is 0 Å². The molecule has 2 N–H and O–H groups in total. The molecule has 1 heterocycles. The number of methoxy groups -OCH3 is 2. The second kappa shape index (κ2) is 9.08. The van der Waals surface area contributed by atoms with E-state index in [9.17, 15) is 9.59 Å². The molecule has 0 aliphatic rings. The number of rotatable bonds is 8. The van der Waals surface area contributed by atoms with E-state index in [-0.39, 0.29) is 17.9 Å². The lowest BCUT2D eigenvalue weighted by Crippen LogP contribution is -2.26. The van der Waals surface area contributed by atoms with E-state index in [0.29, 0.717) is 18.5 Å². The van der Waals surface area contributed by atoms with Crippen molar-refractivity contribution < 1.29 is 14.3 Å². The third-order valence-electron chi connectivity index (χ3n) is 4.62. The number of ether oxygens (including phenoxy) is 2. The number of pyridine rings is 1. The summed E-state index contributed by atoms with van der Waals surface area (Å²) in [6.07, 6.45) is 1.36. The number of carbonyl (C=O) groups excluding carboxylic acids is 1. The summed E-state index contributed by atoms with van der Waals surface area (Å²) in [5.41, 5.74) is 2.27. The third kappa shape index (κ3) is 4.91. The summed E-state index contributed by atoms with van der Waals surface area (Å²) in [5, 5.41) is 3.78. The molecule has 0 fully saturated rings. The number of amides is 1. The minimum absolute atomic E-state index is 0.0759. The van der Waals surface area contributed by atoms with Crippen molar-refractivity contribution in [3.05, 3.63) is 70.0 Å². The molecule has 146 valence electrons. The van der Waals surface area contributed by atoms with Gasteiger partial charge in [0.1, 0.15) is 11.5 Å². The zero-order chi connectivity index (χ0) is 19.9. The summed E-state index contributed by atoms with van der Waals surface area (Å²) in [7, 11) is 3.23. The highest BCUT2D eigenvalue weighted by atomic mass is 16.5. The van der Waals surface area contributed by atoms with Crippen LogP contribution in [0.25, 0.3) is 10.9 Å². The number of aryl methyl sites for hydroxylation is 1. The minimum atomic E-state index is -0.165. The van der Waals surface area contributed by atoms with Crippen molar-refractivity contribution in [2.45, 2.75) is 19.3 Å². The minimum Gasteiger partial charge on any atom is -0.497 e. The first-order chi connectivity index (χ1) is 13.6. The first kappa shape index (κ1) is 19.5. The predicted octanol–water partition coefficient (Wildman–Crippen LogP) is 2.84. The van der Waals surface area contributed by atoms with Gasteiger partial charge in [0.15, 0.2) is 0 Å². The molecule has 0 atom stereocenters. The zero-order valence-corrected chi connectivity index (χ0v) is 16.1. The van der Waals surface area contributed by atoms with E-state index in [1.54, 1.807) is 20.3 Å². The van der Waals surface area contributed by atoms with Crippen LogP contribution < -0.4 is 20.3 Å². The molecule has 6 nitrogen and oxygen atoms in total. The SMILES string of the molecule is COc1cccc(CCNC(=O)CCc2cc3cc(OC)ccc3[nH]c2=O)c1. The van der Waals surface area contributed by atoms with Gasteiger partial charge in [-0.3, -0.25) is 9.59 Å². The van der Waals surface area contributed by atoms with E-state index >= 15 is 0 Å². The van der Waals surface area contributed by atoms with Gasteiger partial charge in [0.25, 0.3) is 5.56 Å². The number of nitrogens with one attached hydrogen (secondary N) is 2. The molecule has 0 bridgehead atoms. The van der Waals surface area contributed by atoms with Crippen molar-refractivity contribution in [3.63, 3.8) is 0 Å². The van der Waals surface area contributed by atoms with Crippen LogP contribution in [0.5, 0.6) is 11.5 Å². The Morgan fingerprint density at radius 3 is 2.57 bits per heavy atom. The van der Waals surface area contributed by atoms with Crippen molar-refractivity contribution in [1.82, 2.24) is 10.3 Å². The lowest BCUT2D eigenvalue weighted by Gasteiger charge is -2.08. The van der Waals surface area contributed by atoms with Crippen LogP contribution >= 0.6 is 0 Å². The van der Waals surface area contributed by atoms with E-state index in [4.69, 9.17) is 9.47 Å². The summed E-state index contributed by atoms with van der Waals surface area (Å²) in [5.74, 6) is 1.45. The van der Waals surface area contributed by atoms with Gasteiger partial charge in [0, 0.05) is 29.4 Å². The number of aromatic amines is 1. The molecule has 1 aromatic heterocycles. The first-order valence-corrected chi connectivity index (χ1v) is 9.18. The largest absolute Gasteiger partial charge is 0.497 e. The smallest absolute Gasteiger partial charge is 0.251 e. The number of fused-ring (bicyclic) bond motifs is 1. The van der Waals surface area contributed by atoms with Crippen LogP contribution in [0, 0.1) is 0 Å². The molecular weight excluding hydrogens is 356 g/mol. The molecule has 3 aromatic rings. The molecule has 0 aliphatic carbocycles. The van der Waals surface area contributed by atoms with Crippen molar-refractivity contribution >= 4 is 16.8 Å². The Labute approximate surface area is 163 Å². The van der Waals surface area contributed by atoms with E-state index < -0.39 is 0 Å². The summed E-state index contributed by atoms with van der Waals surface area (Å²) < 4.78 is 10.4. The van der Waals surface area contributed by atoms with Gasteiger partial charge < -0.3 is 19.8 Å². The molecule has 0 spiro atoms. The molecule has 2 aromatic carbocycles. The van der Waals surface area contributed by atoms with Gasteiger partial charge in [-0.05, 0) is 54.8 Å². The molecule has 1 amide bonds. The molecule has 28 heavy (non-hydrogen) atoms. The van der Waals surface area contributed by atoms with E-state index in [1.807, 2.05) is 42.5 Å². The first-order valence-electron chi connectivity index (χ1n) is 9.18. The second-order valence-electron chi connectivity index (χ2n) is 6.53. The zero-order valence-electron chi connectivity index (χ0n) is 16.1. The Morgan fingerprint density at radius 1 is 1.00 bits per heavy atom. The number of aromatic nitrogens is 1. The molecule has 0 radical (unpaired) electrons. The van der Waals surface area contributed by atoms with Crippen molar-refractivity contribution in [2.75, 3.05) is 20.8 Å². The van der Waals surface area contributed by atoms with Crippen molar-refractivity contribution in [1.29, 1.82) is 0 Å².